The summed E-state index contributed by atoms with van der Waals surface area (Å²) in [6, 6.07) is 21.0. The second-order valence-electron chi connectivity index (χ2n) is 7.54. The molecule has 1 N–H and O–H groups in total. The van der Waals surface area contributed by atoms with Crippen molar-refractivity contribution in [2.75, 3.05) is 0 Å². The quantitative estimate of drug-likeness (QED) is 0.628. The lowest BCUT2D eigenvalue weighted by Gasteiger charge is -2.15. The number of aryl methyl sites for hydroxylation is 3. The van der Waals surface area contributed by atoms with Gasteiger partial charge in [-0.05, 0) is 71.3 Å². The summed E-state index contributed by atoms with van der Waals surface area (Å²) in [5, 5.41) is 8.89. The molecule has 1 atom stereocenters. The minimum Gasteiger partial charge on any atom is -0.485 e. The number of carboxylic acid groups (broad SMARTS) is 1. The molecule has 0 radical (unpaired) electrons. The summed E-state index contributed by atoms with van der Waals surface area (Å²) in [6.07, 6.45) is 1.51. The summed E-state index contributed by atoms with van der Waals surface area (Å²) < 4.78 is 6.21. The number of hydrogen-bond acceptors (Lipinski definition) is 2. The first-order valence-corrected chi connectivity index (χ1v) is 9.68. The Labute approximate surface area is 165 Å². The highest BCUT2D eigenvalue weighted by atomic mass is 16.5. The lowest BCUT2D eigenvalue weighted by molar-refractivity contribution is -0.136. The summed E-state index contributed by atoms with van der Waals surface area (Å²) in [5.41, 5.74) is 8.43. The second-order valence-corrected chi connectivity index (χ2v) is 7.54. The zero-order chi connectivity index (χ0) is 19.7. The van der Waals surface area contributed by atoms with Crippen LogP contribution in [0.15, 0.2) is 60.7 Å². The van der Waals surface area contributed by atoms with Gasteiger partial charge in [0, 0.05) is 12.8 Å². The van der Waals surface area contributed by atoms with Crippen LogP contribution >= 0.6 is 0 Å². The van der Waals surface area contributed by atoms with E-state index in [0.717, 1.165) is 23.3 Å². The Kier molecular flexibility index (Phi) is 4.91. The summed E-state index contributed by atoms with van der Waals surface area (Å²) in [6.45, 7) is 4.30. The molecule has 1 aliphatic rings. The zero-order valence-corrected chi connectivity index (χ0v) is 16.2. The van der Waals surface area contributed by atoms with Gasteiger partial charge >= 0.3 is 5.97 Å². The van der Waals surface area contributed by atoms with Crippen molar-refractivity contribution in [3.8, 4) is 16.9 Å². The van der Waals surface area contributed by atoms with Gasteiger partial charge in [-0.15, -0.1) is 0 Å². The van der Waals surface area contributed by atoms with E-state index in [9.17, 15) is 4.79 Å². The molecular weight excluding hydrogens is 348 g/mol. The Balaban J connectivity index is 1.58. The average molecular weight is 372 g/mol. The number of aliphatic carboxylic acids is 1. The van der Waals surface area contributed by atoms with Crippen LogP contribution in [0.1, 0.15) is 40.3 Å². The SMILES string of the molecule is Cc1cccc(C)c1-c1cccc([C@@H]2Cc3cc(CCC(=O)O)ccc3O2)c1. The Morgan fingerprint density at radius 1 is 1.04 bits per heavy atom. The molecule has 142 valence electrons. The fourth-order valence-corrected chi connectivity index (χ4v) is 4.06. The molecule has 0 unspecified atom stereocenters. The van der Waals surface area contributed by atoms with Crippen molar-refractivity contribution in [2.24, 2.45) is 0 Å². The number of fused-ring (bicyclic) bond motifs is 1. The first-order valence-electron chi connectivity index (χ1n) is 9.68. The zero-order valence-electron chi connectivity index (χ0n) is 16.2. The monoisotopic (exact) mass is 372 g/mol. The standard InChI is InChI=1S/C25H24O3/c1-16-5-3-6-17(2)25(16)20-8-4-7-19(14-20)23-15-21-13-18(10-12-24(26)27)9-11-22(21)28-23/h3-9,11,13-14,23H,10,12,15H2,1-2H3,(H,26,27)/t23-/m0/s1. The van der Waals surface area contributed by atoms with Gasteiger partial charge in [0.1, 0.15) is 11.9 Å². The molecule has 3 nitrogen and oxygen atoms in total. The van der Waals surface area contributed by atoms with E-state index in [1.54, 1.807) is 0 Å². The maximum Gasteiger partial charge on any atom is 0.303 e. The fourth-order valence-electron chi connectivity index (χ4n) is 4.06. The highest BCUT2D eigenvalue weighted by molar-refractivity contribution is 5.71. The van der Waals surface area contributed by atoms with Crippen LogP contribution in [0.5, 0.6) is 5.75 Å². The van der Waals surface area contributed by atoms with Crippen molar-refractivity contribution < 1.29 is 14.6 Å². The first-order chi connectivity index (χ1) is 13.5. The molecule has 0 saturated carbocycles. The lowest BCUT2D eigenvalue weighted by Crippen LogP contribution is -2.03. The molecule has 0 aliphatic carbocycles. The fraction of sp³-hybridized carbons (Fsp3) is 0.240. The minimum atomic E-state index is -0.766. The van der Waals surface area contributed by atoms with Crippen molar-refractivity contribution in [2.45, 2.75) is 39.2 Å². The predicted molar refractivity (Wildman–Crippen MR) is 111 cm³/mol. The van der Waals surface area contributed by atoms with E-state index in [4.69, 9.17) is 9.84 Å². The molecule has 4 rings (SSSR count). The molecule has 0 aromatic heterocycles. The van der Waals surface area contributed by atoms with Crippen LogP contribution in [0.25, 0.3) is 11.1 Å². The highest BCUT2D eigenvalue weighted by Gasteiger charge is 2.25. The smallest absolute Gasteiger partial charge is 0.303 e. The number of carbonyl (C=O) groups is 1. The van der Waals surface area contributed by atoms with Gasteiger partial charge in [0.25, 0.3) is 0 Å². The van der Waals surface area contributed by atoms with Gasteiger partial charge in [0.2, 0.25) is 0 Å². The second kappa shape index (κ2) is 7.51. The third-order valence-electron chi connectivity index (χ3n) is 5.46. The van der Waals surface area contributed by atoms with Gasteiger partial charge in [0.05, 0.1) is 0 Å². The van der Waals surface area contributed by atoms with Gasteiger partial charge < -0.3 is 9.84 Å². The summed E-state index contributed by atoms with van der Waals surface area (Å²) in [5.74, 6) is 0.138. The van der Waals surface area contributed by atoms with E-state index in [0.29, 0.717) is 6.42 Å². The molecule has 0 amide bonds. The lowest BCUT2D eigenvalue weighted by atomic mass is 9.93. The van der Waals surface area contributed by atoms with Crippen molar-refractivity contribution in [3.05, 3.63) is 88.5 Å². The molecular formula is C25H24O3. The van der Waals surface area contributed by atoms with Gasteiger partial charge in [0.15, 0.2) is 0 Å². The van der Waals surface area contributed by atoms with Crippen LogP contribution in [-0.2, 0) is 17.6 Å². The third-order valence-corrected chi connectivity index (χ3v) is 5.46. The Bertz CT molecular complexity index is 1020. The minimum absolute atomic E-state index is 0.00556. The maximum absolute atomic E-state index is 10.8. The molecule has 0 fully saturated rings. The van der Waals surface area contributed by atoms with E-state index in [1.165, 1.54) is 27.8 Å². The molecule has 0 bridgehead atoms. The topological polar surface area (TPSA) is 46.5 Å². The van der Waals surface area contributed by atoms with E-state index >= 15 is 0 Å². The van der Waals surface area contributed by atoms with Gasteiger partial charge in [-0.25, -0.2) is 0 Å². The van der Waals surface area contributed by atoms with Crippen molar-refractivity contribution in [1.82, 2.24) is 0 Å². The summed E-state index contributed by atoms with van der Waals surface area (Å²) >= 11 is 0. The van der Waals surface area contributed by atoms with Gasteiger partial charge in [-0.3, -0.25) is 4.79 Å². The normalized spacial score (nSPS) is 15.1. The van der Waals surface area contributed by atoms with Gasteiger partial charge in [-0.1, -0.05) is 48.5 Å². The molecule has 3 heteroatoms. The number of carboxylic acids is 1. The molecule has 1 heterocycles. The average Bonchev–Trinajstić information content (AvgIpc) is 3.10. The highest BCUT2D eigenvalue weighted by Crippen LogP contribution is 2.38. The number of rotatable bonds is 5. The molecule has 1 aliphatic heterocycles. The number of hydrogen-bond donors (Lipinski definition) is 1. The van der Waals surface area contributed by atoms with E-state index < -0.39 is 5.97 Å². The van der Waals surface area contributed by atoms with Crippen LogP contribution in [-0.4, -0.2) is 11.1 Å². The third kappa shape index (κ3) is 3.65. The first kappa shape index (κ1) is 18.3. The van der Waals surface area contributed by atoms with Crippen LogP contribution in [0.3, 0.4) is 0 Å². The van der Waals surface area contributed by atoms with E-state index in [1.807, 2.05) is 12.1 Å². The molecule has 0 spiro atoms. The molecule has 3 aromatic carbocycles. The van der Waals surface area contributed by atoms with E-state index in [2.05, 4.69) is 62.4 Å². The Morgan fingerprint density at radius 3 is 2.54 bits per heavy atom. The number of benzene rings is 3. The van der Waals surface area contributed by atoms with Crippen LogP contribution in [0.2, 0.25) is 0 Å². The largest absolute Gasteiger partial charge is 0.485 e. The van der Waals surface area contributed by atoms with Gasteiger partial charge in [-0.2, -0.15) is 0 Å². The predicted octanol–water partition coefficient (Wildman–Crippen LogP) is 5.66. The van der Waals surface area contributed by atoms with Crippen molar-refractivity contribution >= 4 is 5.97 Å². The van der Waals surface area contributed by atoms with E-state index in [-0.39, 0.29) is 12.5 Å². The maximum atomic E-state index is 10.8. The number of ether oxygens (including phenoxy) is 1. The van der Waals surface area contributed by atoms with Crippen LogP contribution in [0.4, 0.5) is 0 Å². The molecule has 0 saturated heterocycles. The van der Waals surface area contributed by atoms with Crippen LogP contribution in [0, 0.1) is 13.8 Å². The molecule has 28 heavy (non-hydrogen) atoms. The summed E-state index contributed by atoms with van der Waals surface area (Å²) in [7, 11) is 0. The Hall–Kier alpha value is -3.07. The Morgan fingerprint density at radius 2 is 1.79 bits per heavy atom. The van der Waals surface area contributed by atoms with Crippen LogP contribution < -0.4 is 4.74 Å². The summed E-state index contributed by atoms with van der Waals surface area (Å²) in [4.78, 5) is 10.8. The molecule has 3 aromatic rings. The van der Waals surface area contributed by atoms with Crippen molar-refractivity contribution in [1.29, 1.82) is 0 Å². The van der Waals surface area contributed by atoms with Crippen molar-refractivity contribution in [3.63, 3.8) is 0 Å².